The lowest BCUT2D eigenvalue weighted by molar-refractivity contribution is -0.384. The molecule has 1 saturated heterocycles. The number of imide groups is 1. The van der Waals surface area contributed by atoms with E-state index in [0.29, 0.717) is 11.1 Å². The molecule has 0 saturated carbocycles. The first kappa shape index (κ1) is 26.0. The minimum atomic E-state index is -0.562. The molecule has 10 nitrogen and oxygen atoms in total. The van der Waals surface area contributed by atoms with Crippen molar-refractivity contribution in [3.05, 3.63) is 67.6 Å². The van der Waals surface area contributed by atoms with Crippen LogP contribution in [0.5, 0.6) is 11.5 Å². The number of benzene rings is 2. The zero-order chi connectivity index (χ0) is 25.5. The first-order chi connectivity index (χ1) is 16.7. The molecular weight excluding hydrogens is 500 g/mol. The molecule has 3 rings (SSSR count). The van der Waals surface area contributed by atoms with Gasteiger partial charge in [-0.05, 0) is 54.9 Å². The molecule has 184 valence electrons. The number of hydrogen-bond donors (Lipinski definition) is 0. The van der Waals surface area contributed by atoms with Crippen LogP contribution in [0.1, 0.15) is 25.0 Å². The van der Waals surface area contributed by atoms with E-state index in [0.717, 1.165) is 16.7 Å². The number of rotatable bonds is 10. The first-order valence-corrected chi connectivity index (χ1v) is 11.7. The minimum Gasteiger partial charge on any atom is -0.490 e. The largest absolute Gasteiger partial charge is 0.490 e. The van der Waals surface area contributed by atoms with E-state index in [1.54, 1.807) is 26.0 Å². The summed E-state index contributed by atoms with van der Waals surface area (Å²) in [7, 11) is 0. The minimum absolute atomic E-state index is 0.102. The Morgan fingerprint density at radius 2 is 1.94 bits per heavy atom. The normalized spacial score (nSPS) is 14.4. The number of amides is 2. The summed E-state index contributed by atoms with van der Waals surface area (Å²) in [5, 5.41) is 10.6. The number of carbonyl (C=O) groups excluding carboxylic acids is 3. The summed E-state index contributed by atoms with van der Waals surface area (Å²) in [4.78, 5) is 48.6. The zero-order valence-electron chi connectivity index (χ0n) is 18.8. The third kappa shape index (κ3) is 6.52. The summed E-state index contributed by atoms with van der Waals surface area (Å²) in [6.07, 6.45) is 1.49. The maximum atomic E-state index is 12.9. The quantitative estimate of drug-likeness (QED) is 0.187. The van der Waals surface area contributed by atoms with Crippen LogP contribution in [0, 0.1) is 10.1 Å². The number of carbonyl (C=O) groups is 3. The third-order valence-corrected chi connectivity index (χ3v) is 5.79. The van der Waals surface area contributed by atoms with Crippen molar-refractivity contribution in [2.45, 2.75) is 20.4 Å². The van der Waals surface area contributed by atoms with Gasteiger partial charge in [0.1, 0.15) is 0 Å². The highest BCUT2D eigenvalue weighted by Gasteiger charge is 2.35. The van der Waals surface area contributed by atoms with Crippen LogP contribution in [0.2, 0.25) is 5.02 Å². The number of nitro groups is 1. The summed E-state index contributed by atoms with van der Waals surface area (Å²) in [6.45, 7) is 3.48. The van der Waals surface area contributed by atoms with Gasteiger partial charge in [0.05, 0.1) is 34.6 Å². The second-order valence-electron chi connectivity index (χ2n) is 7.05. The Bertz CT molecular complexity index is 1200. The van der Waals surface area contributed by atoms with E-state index in [-0.39, 0.29) is 53.5 Å². The van der Waals surface area contributed by atoms with Crippen molar-refractivity contribution in [1.82, 2.24) is 4.90 Å². The fraction of sp³-hybridized carbons (Fsp3) is 0.261. The van der Waals surface area contributed by atoms with Crippen LogP contribution in [0.15, 0.2) is 41.3 Å². The number of ether oxygens (including phenoxy) is 3. The Labute approximate surface area is 209 Å². The standard InChI is InChI=1S/C23H21ClN2O8S/c1-3-32-18-10-15(9-17(24)21(18)34-13-20(27)33-4-2)11-19-22(28)25(23(29)35-19)12-14-6-5-7-16(8-14)26(30)31/h5-11H,3-4,12-13H2,1-2H3. The predicted octanol–water partition coefficient (Wildman–Crippen LogP) is 4.83. The van der Waals surface area contributed by atoms with Crippen LogP contribution in [0.4, 0.5) is 10.5 Å². The highest BCUT2D eigenvalue weighted by molar-refractivity contribution is 8.18. The maximum Gasteiger partial charge on any atom is 0.344 e. The van der Waals surface area contributed by atoms with Crippen molar-refractivity contribution in [2.24, 2.45) is 0 Å². The molecule has 35 heavy (non-hydrogen) atoms. The second kappa shape index (κ2) is 11.7. The monoisotopic (exact) mass is 520 g/mol. The Morgan fingerprint density at radius 1 is 1.17 bits per heavy atom. The molecule has 2 aromatic carbocycles. The molecule has 0 radical (unpaired) electrons. The molecule has 2 aromatic rings. The number of nitrogens with zero attached hydrogens (tertiary/aromatic N) is 2. The van der Waals surface area contributed by atoms with Crippen LogP contribution in [0.25, 0.3) is 6.08 Å². The Kier molecular flexibility index (Phi) is 8.72. The number of hydrogen-bond acceptors (Lipinski definition) is 9. The summed E-state index contributed by atoms with van der Waals surface area (Å²) >= 11 is 7.09. The summed E-state index contributed by atoms with van der Waals surface area (Å²) in [5.74, 6) is -0.695. The van der Waals surface area contributed by atoms with Crippen molar-refractivity contribution < 1.29 is 33.5 Å². The van der Waals surface area contributed by atoms with E-state index in [2.05, 4.69) is 0 Å². The van der Waals surface area contributed by atoms with E-state index in [1.807, 2.05) is 0 Å². The van der Waals surface area contributed by atoms with E-state index in [1.165, 1.54) is 30.3 Å². The highest BCUT2D eigenvalue weighted by atomic mass is 35.5. The van der Waals surface area contributed by atoms with Crippen molar-refractivity contribution in [3.63, 3.8) is 0 Å². The van der Waals surface area contributed by atoms with Crippen LogP contribution < -0.4 is 9.47 Å². The van der Waals surface area contributed by atoms with Gasteiger partial charge in [-0.2, -0.15) is 0 Å². The van der Waals surface area contributed by atoms with Gasteiger partial charge in [-0.1, -0.05) is 23.7 Å². The van der Waals surface area contributed by atoms with Gasteiger partial charge in [0, 0.05) is 12.1 Å². The lowest BCUT2D eigenvalue weighted by Crippen LogP contribution is -2.27. The summed E-state index contributed by atoms with van der Waals surface area (Å²) < 4.78 is 15.9. The van der Waals surface area contributed by atoms with Gasteiger partial charge in [-0.3, -0.25) is 24.6 Å². The first-order valence-electron chi connectivity index (χ1n) is 10.5. The highest BCUT2D eigenvalue weighted by Crippen LogP contribution is 2.39. The summed E-state index contributed by atoms with van der Waals surface area (Å²) in [6, 6.07) is 8.82. The smallest absolute Gasteiger partial charge is 0.344 e. The van der Waals surface area contributed by atoms with Gasteiger partial charge in [0.15, 0.2) is 18.1 Å². The molecule has 2 amide bonds. The number of thioether (sulfide) groups is 1. The number of halogens is 1. The Morgan fingerprint density at radius 3 is 2.63 bits per heavy atom. The molecule has 0 unspecified atom stereocenters. The molecular formula is C23H21ClN2O8S. The Balaban J connectivity index is 1.82. The molecule has 0 spiro atoms. The number of non-ortho nitro benzene ring substituents is 1. The van der Waals surface area contributed by atoms with E-state index >= 15 is 0 Å². The molecule has 0 bridgehead atoms. The lowest BCUT2D eigenvalue weighted by Gasteiger charge is -2.14. The predicted molar refractivity (Wildman–Crippen MR) is 129 cm³/mol. The lowest BCUT2D eigenvalue weighted by atomic mass is 10.1. The Hall–Kier alpha value is -3.57. The fourth-order valence-electron chi connectivity index (χ4n) is 3.15. The number of nitro benzene ring substituents is 1. The molecule has 0 N–H and O–H groups in total. The van der Waals surface area contributed by atoms with Crippen LogP contribution in [-0.4, -0.2) is 46.8 Å². The van der Waals surface area contributed by atoms with Gasteiger partial charge in [-0.25, -0.2) is 4.79 Å². The number of esters is 1. The fourth-order valence-corrected chi connectivity index (χ4v) is 4.26. The van der Waals surface area contributed by atoms with E-state index in [4.69, 9.17) is 25.8 Å². The molecule has 1 heterocycles. The topological polar surface area (TPSA) is 125 Å². The van der Waals surface area contributed by atoms with Crippen molar-refractivity contribution >= 4 is 52.2 Å². The third-order valence-electron chi connectivity index (χ3n) is 4.60. The molecule has 0 aromatic heterocycles. The summed E-state index contributed by atoms with van der Waals surface area (Å²) in [5.41, 5.74) is 0.795. The van der Waals surface area contributed by atoms with Crippen molar-refractivity contribution in [2.75, 3.05) is 19.8 Å². The van der Waals surface area contributed by atoms with Crippen LogP contribution in [0.3, 0.4) is 0 Å². The van der Waals surface area contributed by atoms with Crippen molar-refractivity contribution in [3.8, 4) is 11.5 Å². The molecule has 0 aliphatic carbocycles. The molecule has 1 aliphatic rings. The molecule has 12 heteroatoms. The maximum absolute atomic E-state index is 12.9. The molecule has 1 fully saturated rings. The van der Waals surface area contributed by atoms with Crippen LogP contribution >= 0.6 is 23.4 Å². The SMILES string of the molecule is CCOC(=O)COc1c(Cl)cc(C=C2SC(=O)N(Cc3cccc([N+](=O)[O-])c3)C2=O)cc1OCC. The van der Waals surface area contributed by atoms with Gasteiger partial charge in [-0.15, -0.1) is 0 Å². The van der Waals surface area contributed by atoms with Gasteiger partial charge >= 0.3 is 5.97 Å². The van der Waals surface area contributed by atoms with E-state index < -0.39 is 22.0 Å². The van der Waals surface area contributed by atoms with Gasteiger partial charge in [0.2, 0.25) is 0 Å². The molecule has 1 aliphatic heterocycles. The average Bonchev–Trinajstić information content (AvgIpc) is 3.06. The second-order valence-corrected chi connectivity index (χ2v) is 8.45. The van der Waals surface area contributed by atoms with Crippen LogP contribution in [-0.2, 0) is 20.9 Å². The van der Waals surface area contributed by atoms with E-state index in [9.17, 15) is 24.5 Å². The van der Waals surface area contributed by atoms with Crippen molar-refractivity contribution in [1.29, 1.82) is 0 Å². The average molecular weight is 521 g/mol. The van der Waals surface area contributed by atoms with Gasteiger partial charge < -0.3 is 14.2 Å². The zero-order valence-corrected chi connectivity index (χ0v) is 20.4. The molecule has 0 atom stereocenters. The van der Waals surface area contributed by atoms with Gasteiger partial charge in [0.25, 0.3) is 16.8 Å².